The molecule has 1 aliphatic rings. The maximum absolute atomic E-state index is 12.0. The summed E-state index contributed by atoms with van der Waals surface area (Å²) in [7, 11) is 1.49. The second-order valence-corrected chi connectivity index (χ2v) is 4.04. The number of imide groups is 1. The van der Waals surface area contributed by atoms with Crippen LogP contribution in [0.3, 0.4) is 0 Å². The van der Waals surface area contributed by atoms with E-state index in [4.69, 9.17) is 4.84 Å². The molecule has 0 atom stereocenters. The molecule has 1 aromatic heterocycles. The molecule has 8 heteroatoms. The van der Waals surface area contributed by atoms with Crippen molar-refractivity contribution in [1.82, 2.24) is 19.8 Å². The first-order valence-electron chi connectivity index (χ1n) is 5.63. The topological polar surface area (TPSA) is 94.4 Å². The van der Waals surface area contributed by atoms with Crippen LogP contribution in [0, 0.1) is 0 Å². The van der Waals surface area contributed by atoms with E-state index in [2.05, 4.69) is 10.1 Å². The summed E-state index contributed by atoms with van der Waals surface area (Å²) in [5.74, 6) is -2.40. The fourth-order valence-corrected chi connectivity index (χ4v) is 1.85. The van der Waals surface area contributed by atoms with Gasteiger partial charge in [-0.05, 0) is 12.1 Å². The van der Waals surface area contributed by atoms with Crippen molar-refractivity contribution in [1.29, 1.82) is 0 Å². The van der Waals surface area contributed by atoms with Crippen molar-refractivity contribution in [2.45, 2.75) is 0 Å². The van der Waals surface area contributed by atoms with Crippen LogP contribution in [0.2, 0.25) is 0 Å². The molecule has 3 rings (SSSR count). The van der Waals surface area contributed by atoms with E-state index >= 15 is 0 Å². The summed E-state index contributed by atoms with van der Waals surface area (Å²) in [5.41, 5.74) is 0.395. The first-order valence-corrected chi connectivity index (χ1v) is 5.63. The van der Waals surface area contributed by atoms with Crippen LogP contribution in [0.15, 0.2) is 30.6 Å². The second kappa shape index (κ2) is 4.26. The molecular weight excluding hydrogens is 264 g/mol. The SMILES string of the molecule is Cn1ncnc1C(=O)ON1C(=O)c2ccccc2C1=O. The van der Waals surface area contributed by atoms with Crippen molar-refractivity contribution < 1.29 is 19.2 Å². The van der Waals surface area contributed by atoms with Crippen LogP contribution in [0.25, 0.3) is 0 Å². The lowest BCUT2D eigenvalue weighted by molar-refractivity contribution is -0.0595. The minimum Gasteiger partial charge on any atom is -0.321 e. The number of fused-ring (bicyclic) bond motifs is 1. The zero-order chi connectivity index (χ0) is 14.3. The van der Waals surface area contributed by atoms with Crippen LogP contribution in [0.4, 0.5) is 0 Å². The third-order valence-corrected chi connectivity index (χ3v) is 2.82. The lowest BCUT2D eigenvalue weighted by Gasteiger charge is -2.11. The molecule has 2 amide bonds. The molecule has 0 unspecified atom stereocenters. The Morgan fingerprint density at radius 1 is 1.15 bits per heavy atom. The van der Waals surface area contributed by atoms with Crippen molar-refractivity contribution in [3.8, 4) is 0 Å². The van der Waals surface area contributed by atoms with E-state index in [0.717, 1.165) is 0 Å². The number of amides is 2. The Labute approximate surface area is 112 Å². The lowest BCUT2D eigenvalue weighted by atomic mass is 10.1. The van der Waals surface area contributed by atoms with Gasteiger partial charge in [0.2, 0.25) is 5.82 Å². The van der Waals surface area contributed by atoms with Crippen molar-refractivity contribution in [3.63, 3.8) is 0 Å². The number of hydroxylamine groups is 2. The smallest absolute Gasteiger partial charge is 0.321 e. The highest BCUT2D eigenvalue weighted by atomic mass is 16.7. The number of rotatable bonds is 2. The fourth-order valence-electron chi connectivity index (χ4n) is 1.85. The zero-order valence-corrected chi connectivity index (χ0v) is 10.3. The van der Waals surface area contributed by atoms with Gasteiger partial charge in [0, 0.05) is 7.05 Å². The largest absolute Gasteiger partial charge is 0.400 e. The summed E-state index contributed by atoms with van der Waals surface area (Å²) >= 11 is 0. The summed E-state index contributed by atoms with van der Waals surface area (Å²) in [6.45, 7) is 0. The molecule has 1 aromatic carbocycles. The molecule has 0 N–H and O–H groups in total. The molecule has 0 radical (unpaired) electrons. The second-order valence-electron chi connectivity index (χ2n) is 4.04. The summed E-state index contributed by atoms with van der Waals surface area (Å²) < 4.78 is 1.18. The van der Waals surface area contributed by atoms with Crippen LogP contribution in [-0.2, 0) is 11.9 Å². The normalized spacial score (nSPS) is 13.6. The lowest BCUT2D eigenvalue weighted by Crippen LogP contribution is -2.33. The summed E-state index contributed by atoms with van der Waals surface area (Å²) in [6, 6.07) is 6.23. The van der Waals surface area contributed by atoms with E-state index in [1.807, 2.05) is 0 Å². The van der Waals surface area contributed by atoms with Gasteiger partial charge in [-0.3, -0.25) is 9.59 Å². The number of aryl methyl sites for hydroxylation is 1. The Morgan fingerprint density at radius 3 is 2.25 bits per heavy atom. The van der Waals surface area contributed by atoms with Gasteiger partial charge in [0.15, 0.2) is 0 Å². The van der Waals surface area contributed by atoms with Gasteiger partial charge in [0.1, 0.15) is 6.33 Å². The van der Waals surface area contributed by atoms with Gasteiger partial charge in [-0.15, -0.1) is 0 Å². The molecule has 0 bridgehead atoms. The molecule has 2 heterocycles. The minimum absolute atomic E-state index is 0.110. The zero-order valence-electron chi connectivity index (χ0n) is 10.3. The Bertz CT molecular complexity index is 702. The third kappa shape index (κ3) is 1.66. The molecular formula is C12H8N4O4. The first kappa shape index (κ1) is 12.0. The molecule has 0 aliphatic carbocycles. The highest BCUT2D eigenvalue weighted by Gasteiger charge is 2.39. The summed E-state index contributed by atoms with van der Waals surface area (Å²) in [4.78, 5) is 44.3. The quantitative estimate of drug-likeness (QED) is 0.724. The van der Waals surface area contributed by atoms with Gasteiger partial charge in [0.05, 0.1) is 11.1 Å². The summed E-state index contributed by atoms with van der Waals surface area (Å²) in [6.07, 6.45) is 1.17. The molecule has 2 aromatic rings. The maximum Gasteiger partial charge on any atom is 0.400 e. The average molecular weight is 272 g/mol. The maximum atomic E-state index is 12.0. The van der Waals surface area contributed by atoms with Crippen molar-refractivity contribution in [3.05, 3.63) is 47.5 Å². The van der Waals surface area contributed by atoms with Crippen LogP contribution >= 0.6 is 0 Å². The molecule has 8 nitrogen and oxygen atoms in total. The van der Waals surface area contributed by atoms with E-state index in [1.54, 1.807) is 12.1 Å². The predicted octanol–water partition coefficient (Wildman–Crippen LogP) is 0.183. The number of carbonyl (C=O) groups is 3. The van der Waals surface area contributed by atoms with E-state index in [0.29, 0.717) is 5.06 Å². The average Bonchev–Trinajstić information content (AvgIpc) is 2.97. The van der Waals surface area contributed by atoms with E-state index < -0.39 is 17.8 Å². The van der Waals surface area contributed by atoms with E-state index in [9.17, 15) is 14.4 Å². The van der Waals surface area contributed by atoms with Crippen LogP contribution in [0.5, 0.6) is 0 Å². The molecule has 0 saturated heterocycles. The highest BCUT2D eigenvalue weighted by Crippen LogP contribution is 2.22. The van der Waals surface area contributed by atoms with Crippen LogP contribution in [-0.4, -0.2) is 37.6 Å². The van der Waals surface area contributed by atoms with E-state index in [-0.39, 0.29) is 17.0 Å². The number of hydrogen-bond acceptors (Lipinski definition) is 6. The standard InChI is InChI=1S/C12H8N4O4/c1-15-9(13-6-14-15)12(19)20-16-10(17)7-4-2-3-5-8(7)11(16)18/h2-6H,1H3. The van der Waals surface area contributed by atoms with Gasteiger partial charge in [-0.1, -0.05) is 17.2 Å². The minimum atomic E-state index is -0.931. The van der Waals surface area contributed by atoms with Gasteiger partial charge < -0.3 is 4.84 Å². The van der Waals surface area contributed by atoms with Gasteiger partial charge >= 0.3 is 5.97 Å². The summed E-state index contributed by atoms with van der Waals surface area (Å²) in [5, 5.41) is 4.14. The Kier molecular flexibility index (Phi) is 2.56. The third-order valence-electron chi connectivity index (χ3n) is 2.82. The van der Waals surface area contributed by atoms with Crippen molar-refractivity contribution >= 4 is 17.8 Å². The number of benzene rings is 1. The van der Waals surface area contributed by atoms with Crippen LogP contribution in [0.1, 0.15) is 31.3 Å². The molecule has 0 saturated carbocycles. The first-order chi connectivity index (χ1) is 9.59. The van der Waals surface area contributed by atoms with Gasteiger partial charge in [-0.25, -0.2) is 14.5 Å². The molecule has 0 fully saturated rings. The van der Waals surface area contributed by atoms with Crippen molar-refractivity contribution in [2.75, 3.05) is 0 Å². The van der Waals surface area contributed by atoms with E-state index in [1.165, 1.54) is 30.2 Å². The Balaban J connectivity index is 1.87. The number of hydrogen-bond donors (Lipinski definition) is 0. The monoisotopic (exact) mass is 272 g/mol. The number of carbonyl (C=O) groups excluding carboxylic acids is 3. The Hall–Kier alpha value is -3.03. The fraction of sp³-hybridized carbons (Fsp3) is 0.0833. The predicted molar refractivity (Wildman–Crippen MR) is 63.4 cm³/mol. The highest BCUT2D eigenvalue weighted by molar-refractivity contribution is 6.21. The van der Waals surface area contributed by atoms with Gasteiger partial charge in [-0.2, -0.15) is 5.10 Å². The van der Waals surface area contributed by atoms with Crippen molar-refractivity contribution in [2.24, 2.45) is 7.05 Å². The number of nitrogens with zero attached hydrogens (tertiary/aromatic N) is 4. The number of aromatic nitrogens is 3. The molecule has 0 spiro atoms. The van der Waals surface area contributed by atoms with Gasteiger partial charge in [0.25, 0.3) is 11.8 Å². The Morgan fingerprint density at radius 2 is 1.75 bits per heavy atom. The van der Waals surface area contributed by atoms with Crippen LogP contribution < -0.4 is 0 Å². The molecule has 1 aliphatic heterocycles. The molecule has 100 valence electrons. The molecule has 20 heavy (non-hydrogen) atoms.